The van der Waals surface area contributed by atoms with Crippen molar-refractivity contribution in [2.75, 3.05) is 0 Å². The number of halogens is 1. The van der Waals surface area contributed by atoms with Crippen LogP contribution in [-0.2, 0) is 6.42 Å². The standard InChI is InChI=1S/C15H14BrN3S/c1-3-10-8-11(16)4-5-12(10)19-14-13(18-15(19)20)9(2)6-7-17-14/h4-8H,3H2,1-2H3,(H,18,20). The fraction of sp³-hybridized carbons (Fsp3) is 0.200. The van der Waals surface area contributed by atoms with Gasteiger partial charge in [0.25, 0.3) is 0 Å². The van der Waals surface area contributed by atoms with E-state index >= 15 is 0 Å². The Bertz CT molecular complexity index is 848. The quantitative estimate of drug-likeness (QED) is 0.680. The van der Waals surface area contributed by atoms with Crippen molar-refractivity contribution in [2.24, 2.45) is 0 Å². The van der Waals surface area contributed by atoms with Crippen molar-refractivity contribution in [3.63, 3.8) is 0 Å². The van der Waals surface area contributed by atoms with Crippen molar-refractivity contribution in [3.05, 3.63) is 50.8 Å². The summed E-state index contributed by atoms with van der Waals surface area (Å²) in [6.07, 6.45) is 2.76. The van der Waals surface area contributed by atoms with E-state index in [-0.39, 0.29) is 0 Å². The van der Waals surface area contributed by atoms with Crippen molar-refractivity contribution < 1.29 is 0 Å². The summed E-state index contributed by atoms with van der Waals surface area (Å²) in [5, 5.41) is 0. The highest BCUT2D eigenvalue weighted by Crippen LogP contribution is 2.25. The molecule has 0 aliphatic rings. The Hall–Kier alpha value is -1.46. The third-order valence-corrected chi connectivity index (χ3v) is 4.23. The van der Waals surface area contributed by atoms with Crippen molar-refractivity contribution in [1.82, 2.24) is 14.5 Å². The molecular formula is C15H14BrN3S. The summed E-state index contributed by atoms with van der Waals surface area (Å²) in [5.74, 6) is 0. The second-order valence-corrected chi connectivity index (χ2v) is 6.02. The second-order valence-electron chi connectivity index (χ2n) is 4.72. The largest absolute Gasteiger partial charge is 0.329 e. The second kappa shape index (κ2) is 5.14. The number of hydrogen-bond donors (Lipinski definition) is 1. The van der Waals surface area contributed by atoms with Crippen LogP contribution in [0.1, 0.15) is 18.1 Å². The molecular weight excluding hydrogens is 334 g/mol. The average molecular weight is 348 g/mol. The van der Waals surface area contributed by atoms with Crippen molar-refractivity contribution >= 4 is 39.3 Å². The van der Waals surface area contributed by atoms with E-state index < -0.39 is 0 Å². The van der Waals surface area contributed by atoms with E-state index in [1.54, 1.807) is 0 Å². The molecule has 1 N–H and O–H groups in total. The molecule has 1 aromatic carbocycles. The van der Waals surface area contributed by atoms with Crippen LogP contribution in [0.25, 0.3) is 16.9 Å². The summed E-state index contributed by atoms with van der Waals surface area (Å²) in [7, 11) is 0. The van der Waals surface area contributed by atoms with Crippen LogP contribution in [0, 0.1) is 11.7 Å². The zero-order valence-corrected chi connectivity index (χ0v) is 13.7. The molecule has 0 aliphatic heterocycles. The monoisotopic (exact) mass is 347 g/mol. The van der Waals surface area contributed by atoms with Crippen LogP contribution in [0.3, 0.4) is 0 Å². The maximum absolute atomic E-state index is 5.49. The first-order valence-corrected chi connectivity index (χ1v) is 7.67. The number of rotatable bonds is 2. The number of nitrogens with zero attached hydrogens (tertiary/aromatic N) is 2. The molecule has 20 heavy (non-hydrogen) atoms. The predicted molar refractivity (Wildman–Crippen MR) is 88.1 cm³/mol. The molecule has 0 saturated carbocycles. The lowest BCUT2D eigenvalue weighted by Crippen LogP contribution is -2.00. The molecule has 0 saturated heterocycles. The van der Waals surface area contributed by atoms with E-state index in [1.807, 2.05) is 22.9 Å². The minimum atomic E-state index is 0.679. The summed E-state index contributed by atoms with van der Waals surface area (Å²) in [5.41, 5.74) is 5.36. The van der Waals surface area contributed by atoms with Gasteiger partial charge in [0.2, 0.25) is 0 Å². The molecule has 2 aromatic heterocycles. The SMILES string of the molecule is CCc1cc(Br)ccc1-n1c(=S)[nH]c2c(C)ccnc21. The Morgan fingerprint density at radius 2 is 2.15 bits per heavy atom. The van der Waals surface area contributed by atoms with Crippen LogP contribution in [0.4, 0.5) is 0 Å². The Labute approximate surface area is 130 Å². The molecule has 3 nitrogen and oxygen atoms in total. The number of hydrogen-bond acceptors (Lipinski definition) is 2. The van der Waals surface area contributed by atoms with Crippen LogP contribution in [0.2, 0.25) is 0 Å². The van der Waals surface area contributed by atoms with Gasteiger partial charge in [-0.2, -0.15) is 0 Å². The summed E-state index contributed by atoms with van der Waals surface area (Å²) in [6.45, 7) is 4.20. The van der Waals surface area contributed by atoms with E-state index in [9.17, 15) is 0 Å². The van der Waals surface area contributed by atoms with E-state index in [0.29, 0.717) is 4.77 Å². The maximum Gasteiger partial charge on any atom is 0.184 e. The number of benzene rings is 1. The van der Waals surface area contributed by atoms with Gasteiger partial charge < -0.3 is 4.98 Å². The van der Waals surface area contributed by atoms with Crippen molar-refractivity contribution in [1.29, 1.82) is 0 Å². The van der Waals surface area contributed by atoms with Gasteiger partial charge in [-0.1, -0.05) is 22.9 Å². The minimum absolute atomic E-state index is 0.679. The summed E-state index contributed by atoms with van der Waals surface area (Å²) in [4.78, 5) is 7.75. The molecule has 0 radical (unpaired) electrons. The van der Waals surface area contributed by atoms with Crippen molar-refractivity contribution in [2.45, 2.75) is 20.3 Å². The van der Waals surface area contributed by atoms with Crippen LogP contribution in [0.5, 0.6) is 0 Å². The lowest BCUT2D eigenvalue weighted by Gasteiger charge is -2.10. The summed E-state index contributed by atoms with van der Waals surface area (Å²) < 4.78 is 3.77. The van der Waals surface area contributed by atoms with Gasteiger partial charge in [0.05, 0.1) is 11.2 Å². The maximum atomic E-state index is 5.49. The third-order valence-electron chi connectivity index (χ3n) is 3.45. The predicted octanol–water partition coefficient (Wildman–Crippen LogP) is 4.72. The minimum Gasteiger partial charge on any atom is -0.329 e. The van der Waals surface area contributed by atoms with Gasteiger partial charge in [0, 0.05) is 10.7 Å². The van der Waals surface area contributed by atoms with Crippen LogP contribution >= 0.6 is 28.1 Å². The molecule has 0 amide bonds. The molecule has 2 heterocycles. The topological polar surface area (TPSA) is 33.6 Å². The lowest BCUT2D eigenvalue weighted by molar-refractivity contribution is 0.996. The van der Waals surface area contributed by atoms with Crippen LogP contribution in [-0.4, -0.2) is 14.5 Å². The number of imidazole rings is 1. The van der Waals surface area contributed by atoms with Crippen molar-refractivity contribution in [3.8, 4) is 5.69 Å². The van der Waals surface area contributed by atoms with E-state index in [0.717, 1.165) is 33.3 Å². The van der Waals surface area contributed by atoms with Gasteiger partial charge in [0.1, 0.15) is 0 Å². The Kier molecular flexibility index (Phi) is 3.48. The first kappa shape index (κ1) is 13.5. The van der Waals surface area contributed by atoms with Gasteiger partial charge in [-0.15, -0.1) is 0 Å². The molecule has 0 atom stereocenters. The number of H-pyrrole nitrogens is 1. The molecule has 3 rings (SSSR count). The Morgan fingerprint density at radius 3 is 2.90 bits per heavy atom. The zero-order valence-electron chi connectivity index (χ0n) is 11.3. The zero-order chi connectivity index (χ0) is 14.3. The highest BCUT2D eigenvalue weighted by atomic mass is 79.9. The molecule has 0 unspecified atom stereocenters. The number of aromatic nitrogens is 3. The van der Waals surface area contributed by atoms with Gasteiger partial charge in [-0.05, 0) is 61.0 Å². The number of fused-ring (bicyclic) bond motifs is 1. The van der Waals surface area contributed by atoms with Crippen LogP contribution in [0.15, 0.2) is 34.9 Å². The third kappa shape index (κ3) is 2.11. The van der Waals surface area contributed by atoms with E-state index in [2.05, 4.69) is 51.9 Å². The Balaban J connectivity index is 2.38. The molecule has 0 bridgehead atoms. The molecule has 102 valence electrons. The van der Waals surface area contributed by atoms with Crippen LogP contribution < -0.4 is 0 Å². The van der Waals surface area contributed by atoms with Gasteiger partial charge in [-0.25, -0.2) is 4.98 Å². The first-order chi connectivity index (χ1) is 9.61. The first-order valence-electron chi connectivity index (χ1n) is 6.47. The Morgan fingerprint density at radius 1 is 1.35 bits per heavy atom. The fourth-order valence-electron chi connectivity index (χ4n) is 2.41. The molecule has 5 heteroatoms. The normalized spacial score (nSPS) is 11.2. The molecule has 0 fully saturated rings. The molecule has 3 aromatic rings. The number of pyridine rings is 1. The highest BCUT2D eigenvalue weighted by Gasteiger charge is 2.12. The lowest BCUT2D eigenvalue weighted by atomic mass is 10.1. The highest BCUT2D eigenvalue weighted by molar-refractivity contribution is 9.10. The van der Waals surface area contributed by atoms with E-state index in [1.165, 1.54) is 5.56 Å². The summed E-state index contributed by atoms with van der Waals surface area (Å²) >= 11 is 9.01. The fourth-order valence-corrected chi connectivity index (χ4v) is 3.10. The van der Waals surface area contributed by atoms with E-state index in [4.69, 9.17) is 12.2 Å². The summed E-state index contributed by atoms with van der Waals surface area (Å²) in [6, 6.07) is 8.23. The van der Waals surface area contributed by atoms with Gasteiger partial charge in [0.15, 0.2) is 10.4 Å². The number of aromatic amines is 1. The number of nitrogens with one attached hydrogen (secondary N) is 1. The van der Waals surface area contributed by atoms with Gasteiger partial charge in [-0.3, -0.25) is 4.57 Å². The molecule has 0 spiro atoms. The molecule has 0 aliphatic carbocycles. The smallest absolute Gasteiger partial charge is 0.184 e. The number of aryl methyl sites for hydroxylation is 2. The van der Waals surface area contributed by atoms with Gasteiger partial charge >= 0.3 is 0 Å². The average Bonchev–Trinajstić information content (AvgIpc) is 2.77.